The fourth-order valence-corrected chi connectivity index (χ4v) is 7.12. The summed E-state index contributed by atoms with van der Waals surface area (Å²) in [5, 5.41) is 58.0. The Bertz CT molecular complexity index is 1520. The van der Waals surface area contributed by atoms with E-state index in [1.807, 2.05) is 0 Å². The van der Waals surface area contributed by atoms with Crippen molar-refractivity contribution in [2.45, 2.75) is 56.5 Å². The number of anilines is 1. The number of aliphatic hydroxyl groups is 4. The number of aromatic hydroxyl groups is 1. The van der Waals surface area contributed by atoms with Gasteiger partial charge in [-0.05, 0) is 46.3 Å². The number of rotatable bonds is 4. The van der Waals surface area contributed by atoms with Gasteiger partial charge in [-0.15, -0.1) is 0 Å². The summed E-state index contributed by atoms with van der Waals surface area (Å²) in [6.45, 7) is 1.48. The van der Waals surface area contributed by atoms with Crippen molar-refractivity contribution in [1.29, 1.82) is 0 Å². The molecule has 0 fully saturated rings. The minimum absolute atomic E-state index is 0.102. The fourth-order valence-electron chi connectivity index (χ4n) is 7.12. The molecule has 0 saturated carbocycles. The highest BCUT2D eigenvalue weighted by Crippen LogP contribution is 2.53. The van der Waals surface area contributed by atoms with Crippen molar-refractivity contribution >= 4 is 29.1 Å². The molecule has 0 radical (unpaired) electrons. The van der Waals surface area contributed by atoms with E-state index in [0.29, 0.717) is 0 Å². The van der Waals surface area contributed by atoms with Crippen molar-refractivity contribution in [3.05, 3.63) is 45.2 Å². The van der Waals surface area contributed by atoms with Crippen molar-refractivity contribution < 1.29 is 49.1 Å². The predicted octanol–water partition coefficient (Wildman–Crippen LogP) is -0.217. The molecule has 1 heterocycles. The highest BCUT2D eigenvalue weighted by molar-refractivity contribution is 6.25. The zero-order valence-electron chi connectivity index (χ0n) is 23.4. The van der Waals surface area contributed by atoms with Crippen LogP contribution in [0.25, 0.3) is 0 Å². The molecule has 3 aliphatic carbocycles. The van der Waals surface area contributed by atoms with Crippen molar-refractivity contribution in [3.63, 3.8) is 0 Å². The van der Waals surface area contributed by atoms with Crippen LogP contribution >= 0.6 is 0 Å². The first-order valence-electron chi connectivity index (χ1n) is 13.5. The van der Waals surface area contributed by atoms with Gasteiger partial charge in [0.1, 0.15) is 29.0 Å². The lowest BCUT2D eigenvalue weighted by molar-refractivity contribution is -0.148. The first kappa shape index (κ1) is 29.6. The maximum absolute atomic E-state index is 16.2. The molecule has 2 amide bonds. The van der Waals surface area contributed by atoms with Gasteiger partial charge in [-0.3, -0.25) is 29.0 Å². The molecule has 1 aliphatic heterocycles. The second-order valence-electron chi connectivity index (χ2n) is 11.7. The van der Waals surface area contributed by atoms with E-state index in [1.54, 1.807) is 6.92 Å². The quantitative estimate of drug-likeness (QED) is 0.180. The lowest BCUT2D eigenvalue weighted by Crippen LogP contribution is -2.63. The average Bonchev–Trinajstić information content (AvgIpc) is 3.03. The summed E-state index contributed by atoms with van der Waals surface area (Å²) in [6, 6.07) is -2.25. The number of nitrogens with two attached hydrogens (primary N) is 1. The largest absolute Gasteiger partial charge is 0.510 e. The number of aliphatic hydroxyl groups excluding tert-OH is 3. The van der Waals surface area contributed by atoms with Crippen molar-refractivity contribution in [1.82, 2.24) is 9.80 Å². The lowest BCUT2D eigenvalue weighted by atomic mass is 9.58. The monoisotopic (exact) mass is 588 g/mol. The summed E-state index contributed by atoms with van der Waals surface area (Å²) >= 11 is 0. The maximum Gasteiger partial charge on any atom is 0.255 e. The molecular weight excluding hydrogens is 555 g/mol. The average molecular weight is 589 g/mol. The Hall–Kier alpha value is -3.85. The Labute approximate surface area is 239 Å². The minimum atomic E-state index is -2.83. The highest BCUT2D eigenvalue weighted by atomic mass is 19.1. The zero-order valence-corrected chi connectivity index (χ0v) is 23.4. The Morgan fingerprint density at radius 1 is 1.21 bits per heavy atom. The van der Waals surface area contributed by atoms with Gasteiger partial charge in [0, 0.05) is 29.2 Å². The van der Waals surface area contributed by atoms with Gasteiger partial charge in [-0.25, -0.2) is 4.39 Å². The standard InChI is InChI=1S/C28H33FN4O9/c1-5-13(34)20-27(41)31-18-11(8-33(20)4)17(29)10-6-9-7-12-19(32(2)3)23(37)16(26(30)40)25(39)28(12,42)24(38)14(9)21(35)15(10)22(18)36/h9,12-13,19-20,34,36-38,42H,5-8H2,1-4H3,(H2,30,40)(H,31,41)/t9-,12-,13?,19-,20-,28-/m0/s1. The number of phenols is 1. The second-order valence-corrected chi connectivity index (χ2v) is 11.7. The number of amides is 2. The Balaban J connectivity index is 1.69. The summed E-state index contributed by atoms with van der Waals surface area (Å²) in [6.07, 6.45) is -1.31. The third-order valence-electron chi connectivity index (χ3n) is 9.10. The molecular formula is C28H33FN4O9. The number of carbonyl (C=O) groups is 4. The number of halogens is 1. The summed E-state index contributed by atoms with van der Waals surface area (Å²) in [5.74, 6) is -10.1. The van der Waals surface area contributed by atoms with Gasteiger partial charge in [0.25, 0.3) is 5.91 Å². The van der Waals surface area contributed by atoms with Gasteiger partial charge in [-0.1, -0.05) is 6.92 Å². The van der Waals surface area contributed by atoms with E-state index < -0.39 is 98.8 Å². The molecule has 6 atom stereocenters. The molecule has 226 valence electrons. The number of hydrogen-bond donors (Lipinski definition) is 7. The van der Waals surface area contributed by atoms with E-state index in [4.69, 9.17) is 5.73 Å². The van der Waals surface area contributed by atoms with E-state index in [2.05, 4.69) is 5.32 Å². The van der Waals surface area contributed by atoms with Crippen LogP contribution < -0.4 is 11.1 Å². The third kappa shape index (κ3) is 3.82. The van der Waals surface area contributed by atoms with E-state index in [1.165, 1.54) is 30.9 Å². The fraction of sp³-hybridized carbons (Fsp3) is 0.500. The molecule has 0 spiro atoms. The number of Topliss-reactive ketones (excluding diaryl/α,β-unsaturated/α-hetero) is 2. The summed E-state index contributed by atoms with van der Waals surface area (Å²) in [5.41, 5.74) is -0.0673. The highest BCUT2D eigenvalue weighted by Gasteiger charge is 2.63. The molecule has 0 aromatic heterocycles. The topological polar surface area (TPSA) is 214 Å². The lowest BCUT2D eigenvalue weighted by Gasteiger charge is -2.50. The summed E-state index contributed by atoms with van der Waals surface area (Å²) in [4.78, 5) is 55.3. The predicted molar refractivity (Wildman–Crippen MR) is 144 cm³/mol. The van der Waals surface area contributed by atoms with Crippen molar-refractivity contribution in [2.24, 2.45) is 17.6 Å². The zero-order chi connectivity index (χ0) is 31.2. The molecule has 4 aliphatic rings. The first-order valence-corrected chi connectivity index (χ1v) is 13.5. The van der Waals surface area contributed by atoms with Crippen LogP contribution in [-0.2, 0) is 27.3 Å². The van der Waals surface area contributed by atoms with E-state index >= 15 is 4.39 Å². The van der Waals surface area contributed by atoms with Gasteiger partial charge in [-0.2, -0.15) is 0 Å². The molecule has 13 nitrogen and oxygen atoms in total. The number of allylic oxidation sites excluding steroid dienone is 1. The molecule has 5 rings (SSSR count). The van der Waals surface area contributed by atoms with Crippen molar-refractivity contribution in [3.8, 4) is 5.75 Å². The number of ketones is 2. The molecule has 1 unspecified atom stereocenters. The number of nitrogens with zero attached hydrogens (tertiary/aromatic N) is 2. The number of nitrogens with one attached hydrogen (secondary N) is 1. The number of carbonyl (C=O) groups excluding carboxylic acids is 4. The molecule has 14 heteroatoms. The summed E-state index contributed by atoms with van der Waals surface area (Å²) < 4.78 is 16.2. The number of phenolic OH excluding ortho intramolecular Hbond substituents is 1. The van der Waals surface area contributed by atoms with Crippen LogP contribution in [0.15, 0.2) is 22.7 Å². The third-order valence-corrected chi connectivity index (χ3v) is 9.10. The number of fused-ring (bicyclic) bond motifs is 4. The minimum Gasteiger partial charge on any atom is -0.510 e. The van der Waals surface area contributed by atoms with Gasteiger partial charge >= 0.3 is 0 Å². The summed E-state index contributed by atoms with van der Waals surface area (Å²) in [7, 11) is 4.53. The van der Waals surface area contributed by atoms with E-state index in [-0.39, 0.29) is 42.6 Å². The molecule has 8 N–H and O–H groups in total. The van der Waals surface area contributed by atoms with Crippen LogP contribution in [0.3, 0.4) is 0 Å². The molecule has 1 aromatic carbocycles. The smallest absolute Gasteiger partial charge is 0.255 e. The van der Waals surface area contributed by atoms with E-state index in [9.17, 15) is 44.7 Å². The SMILES string of the molecule is CCC(O)[C@H]1C(=O)Nc2c(O)c3c(c(F)c2CN1C)C[C@H]1C[C@H]2[C@H](N(C)C)C(O)=C(C(N)=O)C(=O)[C@@]2(O)C(O)=C1C3=O. The van der Waals surface area contributed by atoms with Gasteiger partial charge in [0.15, 0.2) is 17.1 Å². The molecule has 0 saturated heterocycles. The van der Waals surface area contributed by atoms with Crippen LogP contribution in [0.5, 0.6) is 5.75 Å². The van der Waals surface area contributed by atoms with Crippen LogP contribution in [0.1, 0.15) is 41.3 Å². The van der Waals surface area contributed by atoms with Crippen LogP contribution in [0.4, 0.5) is 10.1 Å². The molecule has 1 aromatic rings. The Morgan fingerprint density at radius 2 is 1.86 bits per heavy atom. The van der Waals surface area contributed by atoms with Crippen LogP contribution in [-0.4, -0.2) is 104 Å². The number of benzene rings is 1. The van der Waals surface area contributed by atoms with Crippen LogP contribution in [0, 0.1) is 17.7 Å². The molecule has 0 bridgehead atoms. The number of primary amides is 1. The normalized spacial score (nSPS) is 30.3. The van der Waals surface area contributed by atoms with Gasteiger partial charge in [0.2, 0.25) is 11.7 Å². The first-order chi connectivity index (χ1) is 19.6. The van der Waals surface area contributed by atoms with Gasteiger partial charge < -0.3 is 36.6 Å². The van der Waals surface area contributed by atoms with Crippen molar-refractivity contribution in [2.75, 3.05) is 26.5 Å². The maximum atomic E-state index is 16.2. The van der Waals surface area contributed by atoms with E-state index in [0.717, 1.165) is 0 Å². The Morgan fingerprint density at radius 3 is 2.43 bits per heavy atom. The Kier molecular flexibility index (Phi) is 6.96. The second kappa shape index (κ2) is 9.87. The number of hydrogen-bond acceptors (Lipinski definition) is 11. The van der Waals surface area contributed by atoms with Crippen LogP contribution in [0.2, 0.25) is 0 Å². The molecule has 42 heavy (non-hydrogen) atoms. The number of likely N-dealkylation sites (N-methyl/N-ethyl adjacent to an activating group) is 2. The van der Waals surface area contributed by atoms with Gasteiger partial charge in [0.05, 0.1) is 23.4 Å².